The summed E-state index contributed by atoms with van der Waals surface area (Å²) in [5, 5.41) is 17.1. The summed E-state index contributed by atoms with van der Waals surface area (Å²) in [5.74, 6) is -1.62. The Morgan fingerprint density at radius 1 is 0.938 bits per heavy atom. The van der Waals surface area contributed by atoms with Crippen LogP contribution in [0.1, 0.15) is 83.8 Å². The van der Waals surface area contributed by atoms with E-state index in [1.165, 1.54) is 28.8 Å². The molecule has 1 aliphatic rings. The molecule has 0 aliphatic carbocycles. The first-order valence-corrected chi connectivity index (χ1v) is 16.6. The summed E-state index contributed by atoms with van der Waals surface area (Å²) >= 11 is 0. The van der Waals surface area contributed by atoms with E-state index in [9.17, 15) is 24.3 Å². The van der Waals surface area contributed by atoms with Gasteiger partial charge < -0.3 is 19.5 Å². The summed E-state index contributed by atoms with van der Waals surface area (Å²) in [5.41, 5.74) is 3.27. The van der Waals surface area contributed by atoms with Crippen LogP contribution in [-0.2, 0) is 26.6 Å². The summed E-state index contributed by atoms with van der Waals surface area (Å²) in [6.45, 7) is 13.0. The lowest BCUT2D eigenvalue weighted by Gasteiger charge is -2.43. The van der Waals surface area contributed by atoms with Crippen molar-refractivity contribution in [3.05, 3.63) is 47.7 Å². The maximum atomic E-state index is 14.8. The number of carboxylic acids is 1. The molecule has 1 aromatic heterocycles. The van der Waals surface area contributed by atoms with Crippen molar-refractivity contribution in [3.63, 3.8) is 0 Å². The molecule has 0 fully saturated rings. The second-order valence-corrected chi connectivity index (χ2v) is 13.4. The molecule has 0 spiro atoms. The molecule has 12 heteroatoms. The van der Waals surface area contributed by atoms with E-state index in [1.807, 2.05) is 20.8 Å². The van der Waals surface area contributed by atoms with E-state index in [-0.39, 0.29) is 42.2 Å². The average molecular weight is 664 g/mol. The second-order valence-electron chi connectivity index (χ2n) is 13.4. The Labute approximate surface area is 282 Å². The molecule has 1 aliphatic heterocycles. The smallest absolute Gasteiger partial charge is 0.327 e. The van der Waals surface area contributed by atoms with Crippen LogP contribution in [-0.4, -0.2) is 70.0 Å². The molecular formula is C36H49N5O7. The molecule has 2 atom stereocenters. The maximum Gasteiger partial charge on any atom is 0.327 e. The summed E-state index contributed by atoms with van der Waals surface area (Å²) in [6, 6.07) is 9.36. The number of hydrogen-bond acceptors (Lipinski definition) is 9. The van der Waals surface area contributed by atoms with Crippen LogP contribution in [0.4, 0.5) is 5.69 Å². The van der Waals surface area contributed by atoms with E-state index < -0.39 is 29.5 Å². The number of hydrogen-bond donors (Lipinski definition) is 2. The number of rotatable bonds is 16. The first-order valence-electron chi connectivity index (χ1n) is 16.6. The van der Waals surface area contributed by atoms with Gasteiger partial charge in [-0.3, -0.25) is 24.1 Å². The highest BCUT2D eigenvalue weighted by molar-refractivity contribution is 6.07. The van der Waals surface area contributed by atoms with Gasteiger partial charge in [-0.05, 0) is 43.0 Å². The third-order valence-corrected chi connectivity index (χ3v) is 8.81. The molecule has 1 amide bonds. The monoisotopic (exact) mass is 663 g/mol. The molecule has 3 aromatic rings. The van der Waals surface area contributed by atoms with Crippen molar-refractivity contribution in [1.29, 1.82) is 0 Å². The van der Waals surface area contributed by atoms with Crippen LogP contribution in [0.25, 0.3) is 10.9 Å². The fourth-order valence-corrected chi connectivity index (χ4v) is 6.20. The van der Waals surface area contributed by atoms with Crippen molar-refractivity contribution < 1.29 is 33.8 Å². The molecule has 0 radical (unpaired) electrons. The zero-order valence-corrected chi connectivity index (χ0v) is 29.5. The molecule has 0 saturated carbocycles. The van der Waals surface area contributed by atoms with Crippen LogP contribution in [0.2, 0.25) is 0 Å². The minimum atomic E-state index is -1.74. The summed E-state index contributed by atoms with van der Waals surface area (Å²) in [4.78, 5) is 56.9. The number of ether oxygens (including phenoxy) is 2. The van der Waals surface area contributed by atoms with Gasteiger partial charge in [-0.15, -0.1) is 0 Å². The molecule has 260 valence electrons. The number of nitrogens with one attached hydrogen (secondary N) is 1. The van der Waals surface area contributed by atoms with Gasteiger partial charge in [-0.1, -0.05) is 54.9 Å². The number of aliphatic carboxylic acids is 1. The molecule has 2 aromatic carbocycles. The van der Waals surface area contributed by atoms with Crippen molar-refractivity contribution in [2.45, 2.75) is 86.0 Å². The molecule has 0 saturated heterocycles. The average Bonchev–Trinajstić information content (AvgIpc) is 3.57. The predicted octanol–water partition coefficient (Wildman–Crippen LogP) is 5.42. The van der Waals surface area contributed by atoms with Crippen molar-refractivity contribution in [2.24, 2.45) is 17.8 Å². The highest BCUT2D eigenvalue weighted by Crippen LogP contribution is 2.45. The number of amides is 1. The molecular weight excluding hydrogens is 614 g/mol. The molecule has 0 bridgehead atoms. The fraction of sp³-hybridized carbons (Fsp3) is 0.528. The van der Waals surface area contributed by atoms with Crippen LogP contribution in [0.15, 0.2) is 36.4 Å². The Hall–Kier alpha value is -4.45. The molecule has 2 heterocycles. The number of methoxy groups -OCH3 is 2. The number of nitrogens with zero attached hydrogens (tertiary/aromatic N) is 4. The first-order chi connectivity index (χ1) is 22.7. The zero-order chi connectivity index (χ0) is 35.5. The molecule has 2 N–H and O–H groups in total. The van der Waals surface area contributed by atoms with Gasteiger partial charge in [0.1, 0.15) is 29.8 Å². The highest BCUT2D eigenvalue weighted by Gasteiger charge is 2.56. The van der Waals surface area contributed by atoms with E-state index in [2.05, 4.69) is 10.5 Å². The van der Waals surface area contributed by atoms with Crippen LogP contribution < -0.4 is 19.9 Å². The van der Waals surface area contributed by atoms with Gasteiger partial charge in [0.2, 0.25) is 5.91 Å². The second kappa shape index (κ2) is 14.8. The van der Waals surface area contributed by atoms with Crippen molar-refractivity contribution in [1.82, 2.24) is 20.1 Å². The largest absolute Gasteiger partial charge is 0.497 e. The number of fused-ring (bicyclic) bond motifs is 2. The number of carboxylic acid groups (broad SMARTS) is 1. The van der Waals surface area contributed by atoms with Crippen molar-refractivity contribution in [3.8, 4) is 11.5 Å². The standard InChI is InChI=1S/C36H49N5O7/c1-10-11-28(35(45)46)41-30-19-25(48-9)13-15-27(30)36(38-41,34(44)23(6)7)39(17-16-21(2)3)31(42)20-40-29-18-24(47-8)12-14-26(29)32(37-40)33(43)22(4)5/h12-15,18-19,21-23,28,38H,10-11,16-17,20H2,1-9H3,(H,45,46). The lowest BCUT2D eigenvalue weighted by atomic mass is 9.86. The Balaban J connectivity index is 1.95. The van der Waals surface area contributed by atoms with E-state index in [4.69, 9.17) is 9.47 Å². The van der Waals surface area contributed by atoms with Gasteiger partial charge in [-0.25, -0.2) is 4.79 Å². The van der Waals surface area contributed by atoms with Crippen molar-refractivity contribution >= 4 is 40.0 Å². The summed E-state index contributed by atoms with van der Waals surface area (Å²) in [6.07, 6.45) is 1.43. The van der Waals surface area contributed by atoms with Crippen LogP contribution >= 0.6 is 0 Å². The Kier molecular flexibility index (Phi) is 11.2. The van der Waals surface area contributed by atoms with Crippen molar-refractivity contribution in [2.75, 3.05) is 25.8 Å². The van der Waals surface area contributed by atoms with Gasteiger partial charge in [-0.2, -0.15) is 10.5 Å². The third-order valence-electron chi connectivity index (χ3n) is 8.81. The quantitative estimate of drug-likeness (QED) is 0.191. The first kappa shape index (κ1) is 36.4. The van der Waals surface area contributed by atoms with Crippen LogP contribution in [0.5, 0.6) is 11.5 Å². The number of carbonyl (C=O) groups is 4. The lowest BCUT2D eigenvalue weighted by molar-refractivity contribution is -0.153. The molecule has 12 nitrogen and oxygen atoms in total. The SMILES string of the molecule is CCCC(C(=O)O)N1NC(C(=O)C(C)C)(N(CCC(C)C)C(=O)Cn2nc(C(=O)C(C)C)c3ccc(OC)cc32)c2ccc(OC)cc21. The van der Waals surface area contributed by atoms with E-state index in [0.717, 1.165) is 0 Å². The topological polar surface area (TPSA) is 143 Å². The van der Waals surface area contributed by atoms with Gasteiger partial charge >= 0.3 is 5.97 Å². The molecule has 4 rings (SSSR count). The van der Waals surface area contributed by atoms with Gasteiger partial charge in [0.25, 0.3) is 0 Å². The van der Waals surface area contributed by atoms with Crippen LogP contribution in [0.3, 0.4) is 0 Å². The number of carbonyl (C=O) groups excluding carboxylic acids is 3. The number of anilines is 1. The zero-order valence-electron chi connectivity index (χ0n) is 29.5. The van der Waals surface area contributed by atoms with Crippen LogP contribution in [0, 0.1) is 17.8 Å². The maximum absolute atomic E-state index is 14.8. The van der Waals surface area contributed by atoms with Gasteiger partial charge in [0.15, 0.2) is 17.2 Å². The summed E-state index contributed by atoms with van der Waals surface area (Å²) in [7, 11) is 3.05. The number of Topliss-reactive ketones (excluding diaryl/α,β-unsaturated/α-hetero) is 2. The van der Waals surface area contributed by atoms with Gasteiger partial charge in [0.05, 0.1) is 25.4 Å². The van der Waals surface area contributed by atoms with Gasteiger partial charge in [0, 0.05) is 41.5 Å². The fourth-order valence-electron chi connectivity index (χ4n) is 6.20. The number of ketones is 2. The minimum absolute atomic E-state index is 0.161. The molecule has 48 heavy (non-hydrogen) atoms. The number of hydrazine groups is 1. The van der Waals surface area contributed by atoms with E-state index in [1.54, 1.807) is 64.1 Å². The summed E-state index contributed by atoms with van der Waals surface area (Å²) < 4.78 is 12.5. The Bertz CT molecular complexity index is 1680. The van der Waals surface area contributed by atoms with E-state index >= 15 is 0 Å². The predicted molar refractivity (Wildman–Crippen MR) is 183 cm³/mol. The number of benzene rings is 2. The minimum Gasteiger partial charge on any atom is -0.497 e. The van der Waals surface area contributed by atoms with E-state index in [0.29, 0.717) is 52.9 Å². The Morgan fingerprint density at radius 2 is 1.58 bits per heavy atom. The number of aromatic nitrogens is 2. The highest BCUT2D eigenvalue weighted by atomic mass is 16.5. The third kappa shape index (κ3) is 6.76. The normalized spacial score (nSPS) is 16.5. The lowest BCUT2D eigenvalue weighted by Crippen LogP contribution is -2.66. The Morgan fingerprint density at radius 3 is 2.15 bits per heavy atom. The molecule has 2 unspecified atom stereocenters.